The van der Waals surface area contributed by atoms with Crippen molar-refractivity contribution in [3.63, 3.8) is 0 Å². The number of para-hydroxylation sites is 1. The standard InChI is InChI=1S/C11H9N.C9H8N2.C7H11NOSi.C6H5NO2.C5H8O2.C3H4O3/c1-2-6-10(7-3-1)11-8-4-5-9-12-11;1-2-5-9(6-3-1)11-8-4-7-10-11;1-10(2,9)7-5-3-4-6-8-7;8-6(9)5-3-1-2-4-7-5;1-4(6)3-5(2)7;1-2(4)3(5)6/h1-9H;1-8H;3-6,9H,1-2H3;1-4H,(H,8,9);3,6H,1-2H3;1H3,(H,5,6)/b;;;;4-3-;. The number of Topliss-reactive ketones (excluding diaryl/α,β-unsaturated/α-hetero) is 1. The van der Waals surface area contributed by atoms with E-state index in [0.29, 0.717) is 0 Å². The summed E-state index contributed by atoms with van der Waals surface area (Å²) in [7, 11) is -2.14. The lowest BCUT2D eigenvalue weighted by Gasteiger charge is -2.11. The number of benzene rings is 2. The van der Waals surface area contributed by atoms with Crippen LogP contribution in [0.1, 0.15) is 31.3 Å². The Bertz CT molecular complexity index is 1940. The molecule has 0 saturated carbocycles. The quantitative estimate of drug-likeness (QED) is 0.0614. The molecule has 0 aliphatic rings. The maximum atomic E-state index is 10.1. The number of hydrogen-bond acceptors (Lipinski definition) is 10. The van der Waals surface area contributed by atoms with Crippen LogP contribution in [0.25, 0.3) is 16.9 Å². The van der Waals surface area contributed by atoms with Gasteiger partial charge in [0.2, 0.25) is 14.1 Å². The molecular weight excluding hydrogens is 719 g/mol. The molecule has 0 atom stereocenters. The van der Waals surface area contributed by atoms with Crippen LogP contribution in [0, 0.1) is 0 Å². The van der Waals surface area contributed by atoms with Gasteiger partial charge in [-0.2, -0.15) is 5.10 Å². The second-order valence-electron chi connectivity index (χ2n) is 11.4. The Morgan fingerprint density at radius 3 is 1.45 bits per heavy atom. The number of nitrogens with zero attached hydrogens (tertiary/aromatic N) is 5. The lowest BCUT2D eigenvalue weighted by atomic mass is 10.1. The zero-order valence-electron chi connectivity index (χ0n) is 31.2. The van der Waals surface area contributed by atoms with E-state index in [1.807, 2.05) is 121 Å². The molecule has 6 rings (SSSR count). The molecule has 0 aliphatic heterocycles. The molecule has 286 valence electrons. The van der Waals surface area contributed by atoms with Crippen molar-refractivity contribution in [2.24, 2.45) is 0 Å². The normalized spacial score (nSPS) is 9.89. The summed E-state index contributed by atoms with van der Waals surface area (Å²) in [5.74, 6) is -3.26. The Balaban J connectivity index is 0.000000335. The number of hydrogen-bond donors (Lipinski definition) is 4. The van der Waals surface area contributed by atoms with E-state index >= 15 is 0 Å². The molecule has 0 unspecified atom stereocenters. The molecule has 13 nitrogen and oxygen atoms in total. The molecular formula is C41H45N5O8Si. The van der Waals surface area contributed by atoms with Crippen LogP contribution >= 0.6 is 0 Å². The van der Waals surface area contributed by atoms with E-state index in [-0.39, 0.29) is 17.2 Å². The van der Waals surface area contributed by atoms with Gasteiger partial charge in [0.25, 0.3) is 0 Å². The number of ketones is 2. The molecule has 6 aromatic rings. The van der Waals surface area contributed by atoms with Crippen LogP contribution in [0.4, 0.5) is 0 Å². The Morgan fingerprint density at radius 2 is 1.13 bits per heavy atom. The Kier molecular flexibility index (Phi) is 21.8. The summed E-state index contributed by atoms with van der Waals surface area (Å²) in [5, 5.41) is 29.3. The fraction of sp³-hybridized carbons (Fsp3) is 0.122. The van der Waals surface area contributed by atoms with E-state index in [0.717, 1.165) is 29.2 Å². The van der Waals surface area contributed by atoms with Crippen LogP contribution < -0.4 is 5.32 Å². The summed E-state index contributed by atoms with van der Waals surface area (Å²) in [6, 6.07) is 38.4. The molecule has 0 saturated heterocycles. The Labute approximate surface area is 321 Å². The third kappa shape index (κ3) is 21.9. The largest absolute Gasteiger partial charge is 0.512 e. The predicted molar refractivity (Wildman–Crippen MR) is 213 cm³/mol. The molecule has 4 N–H and O–H groups in total. The summed E-state index contributed by atoms with van der Waals surface area (Å²) in [5.41, 5.74) is 3.37. The average Bonchev–Trinajstić information content (AvgIpc) is 3.73. The highest BCUT2D eigenvalue weighted by Crippen LogP contribution is 2.14. The first-order valence-corrected chi connectivity index (χ1v) is 19.5. The van der Waals surface area contributed by atoms with Crippen LogP contribution in [0.15, 0.2) is 164 Å². The Hall–Kier alpha value is -6.90. The summed E-state index contributed by atoms with van der Waals surface area (Å²) >= 11 is 0. The van der Waals surface area contributed by atoms with Crippen molar-refractivity contribution in [1.29, 1.82) is 0 Å². The summed E-state index contributed by atoms with van der Waals surface area (Å²) in [4.78, 5) is 60.5. The van der Waals surface area contributed by atoms with Gasteiger partial charge in [0.1, 0.15) is 5.69 Å². The fourth-order valence-corrected chi connectivity index (χ4v) is 4.55. The lowest BCUT2D eigenvalue weighted by molar-refractivity contribution is -0.148. The van der Waals surface area contributed by atoms with Crippen molar-refractivity contribution < 1.29 is 39.3 Å². The molecule has 0 radical (unpaired) electrons. The van der Waals surface area contributed by atoms with E-state index in [1.165, 1.54) is 32.2 Å². The number of carboxylic acid groups (broad SMARTS) is 2. The monoisotopic (exact) mass is 763 g/mol. The molecule has 0 amide bonds. The lowest BCUT2D eigenvalue weighted by Crippen LogP contribution is -2.43. The number of pyridine rings is 3. The molecule has 2 aromatic carbocycles. The number of aromatic carboxylic acids is 1. The van der Waals surface area contributed by atoms with Gasteiger partial charge in [-0.25, -0.2) is 19.3 Å². The molecule has 0 bridgehead atoms. The SMILES string of the molecule is CC(=O)/C=C(/C)O.CC(=O)C(=O)O.C[Si](C)(O)c1ccccn1.O=C(O)c1ccccn1.c1ccc(-c2ccccn2)cc1.c1ccc(-n2cccn2)cc1. The zero-order chi connectivity index (χ0) is 41.1. The van der Waals surface area contributed by atoms with Crippen molar-refractivity contribution in [2.75, 3.05) is 0 Å². The minimum atomic E-state index is -2.14. The van der Waals surface area contributed by atoms with Crippen LogP contribution in [-0.4, -0.2) is 76.7 Å². The first-order valence-electron chi connectivity index (χ1n) is 16.5. The molecule has 14 heteroatoms. The van der Waals surface area contributed by atoms with Gasteiger partial charge >= 0.3 is 11.9 Å². The van der Waals surface area contributed by atoms with E-state index in [4.69, 9.17) is 15.3 Å². The Morgan fingerprint density at radius 1 is 0.618 bits per heavy atom. The average molecular weight is 764 g/mol. The number of aliphatic hydroxyl groups excluding tert-OH is 1. The second kappa shape index (κ2) is 26.0. The van der Waals surface area contributed by atoms with Gasteiger partial charge in [-0.3, -0.25) is 19.6 Å². The first-order chi connectivity index (χ1) is 26.1. The van der Waals surface area contributed by atoms with E-state index < -0.39 is 26.0 Å². The minimum absolute atomic E-state index is 0.0625. The van der Waals surface area contributed by atoms with Crippen molar-refractivity contribution >= 4 is 37.1 Å². The number of aliphatic hydroxyl groups is 1. The van der Waals surface area contributed by atoms with E-state index in [2.05, 4.69) is 32.2 Å². The zero-order valence-corrected chi connectivity index (χ0v) is 32.2. The second-order valence-corrected chi connectivity index (χ2v) is 15.0. The predicted octanol–water partition coefficient (Wildman–Crippen LogP) is 6.58. The number of carbonyl (C=O) groups is 4. The molecule has 0 fully saturated rings. The van der Waals surface area contributed by atoms with Crippen LogP contribution in [-0.2, 0) is 14.4 Å². The molecule has 0 spiro atoms. The maximum absolute atomic E-state index is 10.1. The van der Waals surface area contributed by atoms with E-state index in [9.17, 15) is 24.0 Å². The number of aliphatic carboxylic acids is 1. The highest BCUT2D eigenvalue weighted by molar-refractivity contribution is 6.82. The number of carbonyl (C=O) groups excluding carboxylic acids is 2. The summed E-state index contributed by atoms with van der Waals surface area (Å²) in [6.07, 6.45) is 9.83. The summed E-state index contributed by atoms with van der Waals surface area (Å²) < 4.78 is 1.83. The molecule has 4 heterocycles. The van der Waals surface area contributed by atoms with E-state index in [1.54, 1.807) is 24.5 Å². The highest BCUT2D eigenvalue weighted by Gasteiger charge is 2.20. The molecule has 0 aliphatic carbocycles. The number of rotatable bonds is 6. The molecule has 4 aromatic heterocycles. The maximum Gasteiger partial charge on any atom is 0.371 e. The topological polar surface area (TPSA) is 206 Å². The van der Waals surface area contributed by atoms with Gasteiger partial charge in [0.15, 0.2) is 5.78 Å². The number of carboxylic acids is 2. The minimum Gasteiger partial charge on any atom is -0.512 e. The summed E-state index contributed by atoms with van der Waals surface area (Å²) in [6.45, 7) is 7.56. The van der Waals surface area contributed by atoms with Crippen molar-refractivity contribution in [1.82, 2.24) is 24.7 Å². The fourth-order valence-electron chi connectivity index (χ4n) is 3.65. The number of allylic oxidation sites excluding steroid dienone is 2. The number of aromatic nitrogens is 5. The van der Waals surface area contributed by atoms with Crippen molar-refractivity contribution in [2.45, 2.75) is 33.9 Å². The molecule has 55 heavy (non-hydrogen) atoms. The third-order valence-corrected chi connectivity index (χ3v) is 7.70. The van der Waals surface area contributed by atoms with Crippen molar-refractivity contribution in [3.8, 4) is 16.9 Å². The highest BCUT2D eigenvalue weighted by atomic mass is 28.4. The van der Waals surface area contributed by atoms with Crippen molar-refractivity contribution in [3.05, 3.63) is 170 Å². The van der Waals surface area contributed by atoms with Crippen LogP contribution in [0.2, 0.25) is 13.1 Å². The third-order valence-electron chi connectivity index (χ3n) is 6.15. The van der Waals surface area contributed by atoms with Gasteiger partial charge in [-0.1, -0.05) is 66.7 Å². The van der Waals surface area contributed by atoms with Gasteiger partial charge in [-0.05, 0) is 81.5 Å². The van der Waals surface area contributed by atoms with Gasteiger partial charge < -0.3 is 20.1 Å². The first kappa shape index (κ1) is 46.1. The van der Waals surface area contributed by atoms with Gasteiger partial charge in [0.05, 0.1) is 22.5 Å². The van der Waals surface area contributed by atoms with Crippen LogP contribution in [0.3, 0.4) is 0 Å². The van der Waals surface area contributed by atoms with Gasteiger partial charge in [0, 0.05) is 49.5 Å². The van der Waals surface area contributed by atoms with Crippen LogP contribution in [0.5, 0.6) is 0 Å². The smallest absolute Gasteiger partial charge is 0.371 e. The van der Waals surface area contributed by atoms with Gasteiger partial charge in [-0.15, -0.1) is 0 Å².